The summed E-state index contributed by atoms with van der Waals surface area (Å²) in [5.74, 6) is -0.496. The molecule has 3 aromatic carbocycles. The predicted molar refractivity (Wildman–Crippen MR) is 121 cm³/mol. The summed E-state index contributed by atoms with van der Waals surface area (Å²) < 4.78 is 5.35. The predicted octanol–water partition coefficient (Wildman–Crippen LogP) is 5.35. The molecule has 0 unspecified atom stereocenters. The van der Waals surface area contributed by atoms with Gasteiger partial charge < -0.3 is 4.74 Å². The lowest BCUT2D eigenvalue weighted by Gasteiger charge is -2.22. The summed E-state index contributed by atoms with van der Waals surface area (Å²) >= 11 is 0. The average molecular weight is 418 g/mol. The van der Waals surface area contributed by atoms with Gasteiger partial charge in [0.2, 0.25) is 0 Å². The van der Waals surface area contributed by atoms with Gasteiger partial charge in [0.05, 0.1) is 17.2 Å². The van der Waals surface area contributed by atoms with Crippen molar-refractivity contribution in [1.29, 1.82) is 0 Å². The molecule has 0 saturated heterocycles. The van der Waals surface area contributed by atoms with E-state index in [4.69, 9.17) is 4.74 Å². The first-order valence-corrected chi connectivity index (χ1v) is 10.9. The molecule has 160 valence electrons. The van der Waals surface area contributed by atoms with E-state index in [-0.39, 0.29) is 24.4 Å². The molecule has 31 heavy (non-hydrogen) atoms. The third-order valence-corrected chi connectivity index (χ3v) is 6.20. The van der Waals surface area contributed by atoms with Crippen molar-refractivity contribution in [3.63, 3.8) is 0 Å². The van der Waals surface area contributed by atoms with Gasteiger partial charge in [-0.2, -0.15) is 0 Å². The van der Waals surface area contributed by atoms with Crippen LogP contribution in [0.25, 0.3) is 21.5 Å². The third-order valence-electron chi connectivity index (χ3n) is 6.20. The summed E-state index contributed by atoms with van der Waals surface area (Å²) in [6, 6.07) is 15.1. The zero-order chi connectivity index (χ0) is 22.1. The summed E-state index contributed by atoms with van der Waals surface area (Å²) in [5.41, 5.74) is 0.811. The monoisotopic (exact) mass is 417 g/mol. The molecule has 0 aromatic heterocycles. The van der Waals surface area contributed by atoms with E-state index in [0.29, 0.717) is 23.5 Å². The van der Waals surface area contributed by atoms with Gasteiger partial charge in [-0.05, 0) is 65.1 Å². The lowest BCUT2D eigenvalue weighted by Crippen LogP contribution is -2.41. The maximum atomic E-state index is 13.0. The van der Waals surface area contributed by atoms with Crippen LogP contribution in [0.15, 0.2) is 48.5 Å². The number of carbonyl (C=O) groups excluding carboxylic acids is 3. The largest absolute Gasteiger partial charge is 0.463 e. The molecule has 1 heterocycles. The second-order valence-electron chi connectivity index (χ2n) is 8.51. The van der Waals surface area contributed by atoms with Crippen molar-refractivity contribution in [2.75, 3.05) is 6.61 Å². The van der Waals surface area contributed by atoms with Crippen molar-refractivity contribution in [1.82, 2.24) is 4.90 Å². The molecule has 1 aliphatic heterocycles. The first-order valence-electron chi connectivity index (χ1n) is 10.9. The zero-order valence-corrected chi connectivity index (χ0v) is 18.2. The molecule has 0 aliphatic carbocycles. The number of esters is 1. The summed E-state index contributed by atoms with van der Waals surface area (Å²) in [7, 11) is 0. The van der Waals surface area contributed by atoms with Gasteiger partial charge in [0.1, 0.15) is 6.61 Å². The van der Waals surface area contributed by atoms with Crippen LogP contribution in [0, 0.1) is 5.92 Å². The highest BCUT2D eigenvalue weighted by atomic mass is 16.5. The van der Waals surface area contributed by atoms with Crippen LogP contribution in [-0.4, -0.2) is 35.3 Å². The normalized spacial score (nSPS) is 15.4. The van der Waals surface area contributed by atoms with Gasteiger partial charge >= 0.3 is 5.97 Å². The Morgan fingerprint density at radius 3 is 1.97 bits per heavy atom. The van der Waals surface area contributed by atoms with Gasteiger partial charge in [0.15, 0.2) is 0 Å². The van der Waals surface area contributed by atoms with Gasteiger partial charge in [-0.15, -0.1) is 0 Å². The summed E-state index contributed by atoms with van der Waals surface area (Å²) in [6.45, 7) is 5.93. The Balaban J connectivity index is 1.52. The lowest BCUT2D eigenvalue weighted by atomic mass is 9.99. The van der Waals surface area contributed by atoms with E-state index < -0.39 is 6.04 Å². The fourth-order valence-electron chi connectivity index (χ4n) is 4.03. The minimum Gasteiger partial charge on any atom is -0.463 e. The van der Waals surface area contributed by atoms with Gasteiger partial charge in [-0.25, -0.2) is 0 Å². The molecule has 1 aliphatic rings. The Labute approximate surface area is 182 Å². The van der Waals surface area contributed by atoms with E-state index in [0.717, 1.165) is 34.4 Å². The van der Waals surface area contributed by atoms with E-state index in [1.54, 1.807) is 19.1 Å². The Morgan fingerprint density at radius 1 is 0.903 bits per heavy atom. The number of hydrogen-bond acceptors (Lipinski definition) is 4. The molecule has 2 amide bonds. The Kier molecular flexibility index (Phi) is 5.77. The van der Waals surface area contributed by atoms with Crippen molar-refractivity contribution in [2.45, 2.75) is 46.1 Å². The number of carbonyl (C=O) groups is 3. The number of fused-ring (bicyclic) bond motifs is 3. The number of nitrogens with zero attached hydrogens (tertiary/aromatic N) is 1. The fraction of sp³-hybridized carbons (Fsp3) is 0.346. The molecule has 0 spiro atoms. The van der Waals surface area contributed by atoms with E-state index in [1.807, 2.05) is 36.4 Å². The maximum absolute atomic E-state index is 13.0. The van der Waals surface area contributed by atoms with Crippen LogP contribution in [-0.2, 0) is 9.53 Å². The Bertz CT molecular complexity index is 1110. The highest BCUT2D eigenvalue weighted by Gasteiger charge is 2.39. The molecule has 0 saturated carbocycles. The standard InChI is InChI=1S/C26H27NO4/c1-4-16(2)9-10-24(28)31-15-17(3)27-25(29)22-13-20-11-18-7-5-6-8-19(18)12-21(20)14-23(22)26(27)30/h5-8,11-14,16-17H,4,9-10,15H2,1-3H3/t16-,17+/m1/s1. The Morgan fingerprint density at radius 2 is 1.45 bits per heavy atom. The maximum Gasteiger partial charge on any atom is 0.305 e. The topological polar surface area (TPSA) is 63.7 Å². The smallest absolute Gasteiger partial charge is 0.305 e. The number of rotatable bonds is 7. The number of imide groups is 1. The molecular formula is C26H27NO4. The minimum atomic E-state index is -0.526. The second-order valence-corrected chi connectivity index (χ2v) is 8.51. The van der Waals surface area contributed by atoms with E-state index in [1.165, 1.54) is 4.90 Å². The molecule has 0 bridgehead atoms. The molecule has 5 nitrogen and oxygen atoms in total. The van der Waals surface area contributed by atoms with Gasteiger partial charge in [-0.3, -0.25) is 19.3 Å². The fourth-order valence-corrected chi connectivity index (χ4v) is 4.03. The molecule has 0 fully saturated rings. The number of amides is 2. The number of benzene rings is 3. The van der Waals surface area contributed by atoms with Crippen LogP contribution >= 0.6 is 0 Å². The average Bonchev–Trinajstić information content (AvgIpc) is 3.02. The Hall–Kier alpha value is -3.21. The number of hydrogen-bond donors (Lipinski definition) is 0. The van der Waals surface area contributed by atoms with Crippen molar-refractivity contribution in [2.24, 2.45) is 5.92 Å². The second kappa shape index (κ2) is 8.50. The molecule has 3 aromatic rings. The van der Waals surface area contributed by atoms with Crippen molar-refractivity contribution >= 4 is 39.3 Å². The third kappa shape index (κ3) is 4.05. The van der Waals surface area contributed by atoms with Crippen molar-refractivity contribution < 1.29 is 19.1 Å². The highest BCUT2D eigenvalue weighted by Crippen LogP contribution is 2.31. The molecule has 0 N–H and O–H groups in total. The van der Waals surface area contributed by atoms with Crippen LogP contribution in [0.1, 0.15) is 60.7 Å². The summed E-state index contributed by atoms with van der Waals surface area (Å²) in [5, 5.41) is 4.01. The van der Waals surface area contributed by atoms with Crippen molar-refractivity contribution in [3.05, 3.63) is 59.7 Å². The van der Waals surface area contributed by atoms with Gasteiger partial charge in [0, 0.05) is 6.42 Å². The number of ether oxygens (including phenoxy) is 1. The van der Waals surface area contributed by atoms with Gasteiger partial charge in [-0.1, -0.05) is 44.5 Å². The van der Waals surface area contributed by atoms with E-state index in [9.17, 15) is 14.4 Å². The van der Waals surface area contributed by atoms with Crippen molar-refractivity contribution in [3.8, 4) is 0 Å². The quantitative estimate of drug-likeness (QED) is 0.295. The van der Waals surface area contributed by atoms with Crippen LogP contribution in [0.4, 0.5) is 0 Å². The van der Waals surface area contributed by atoms with Crippen LogP contribution in [0.2, 0.25) is 0 Å². The van der Waals surface area contributed by atoms with E-state index >= 15 is 0 Å². The van der Waals surface area contributed by atoms with Crippen LogP contribution in [0.3, 0.4) is 0 Å². The first kappa shape index (κ1) is 21.0. The van der Waals surface area contributed by atoms with Crippen LogP contribution < -0.4 is 0 Å². The minimum absolute atomic E-state index is 0.00815. The lowest BCUT2D eigenvalue weighted by molar-refractivity contribution is -0.145. The zero-order valence-electron chi connectivity index (χ0n) is 18.2. The first-order chi connectivity index (χ1) is 14.9. The van der Waals surface area contributed by atoms with E-state index in [2.05, 4.69) is 13.8 Å². The highest BCUT2D eigenvalue weighted by molar-refractivity contribution is 6.23. The summed E-state index contributed by atoms with van der Waals surface area (Å²) in [4.78, 5) is 39.3. The molecule has 0 radical (unpaired) electrons. The molecule has 4 rings (SSSR count). The van der Waals surface area contributed by atoms with Gasteiger partial charge in [0.25, 0.3) is 11.8 Å². The molecule has 2 atom stereocenters. The van der Waals surface area contributed by atoms with Crippen LogP contribution in [0.5, 0.6) is 0 Å². The molecule has 5 heteroatoms. The summed E-state index contributed by atoms with van der Waals surface area (Å²) in [6.07, 6.45) is 2.14. The SMILES string of the molecule is CC[C@@H](C)CCC(=O)OC[C@H](C)N1C(=O)c2cc3cc4ccccc4cc3cc2C1=O. The molecular weight excluding hydrogens is 390 g/mol.